The van der Waals surface area contributed by atoms with E-state index >= 15 is 0 Å². The van der Waals surface area contributed by atoms with Crippen LogP contribution in [0.2, 0.25) is 0 Å². The summed E-state index contributed by atoms with van der Waals surface area (Å²) >= 11 is 0. The number of rotatable bonds is 10. The number of aromatic nitrogens is 4. The summed E-state index contributed by atoms with van der Waals surface area (Å²) in [6.45, 7) is 6.47. The van der Waals surface area contributed by atoms with Crippen LogP contribution in [0.1, 0.15) is 32.8 Å². The zero-order valence-electron chi connectivity index (χ0n) is 20.5. The van der Waals surface area contributed by atoms with Crippen molar-refractivity contribution in [2.24, 2.45) is 5.92 Å². The van der Waals surface area contributed by atoms with Gasteiger partial charge in [0.15, 0.2) is 11.5 Å². The first kappa shape index (κ1) is 25.1. The van der Waals surface area contributed by atoms with Gasteiger partial charge in [0.2, 0.25) is 24.4 Å². The van der Waals surface area contributed by atoms with Crippen LogP contribution in [-0.4, -0.2) is 56.3 Å². The second-order valence-electron chi connectivity index (χ2n) is 9.01. The number of benzene rings is 2. The number of hydrogen-bond acceptors (Lipinski definition) is 7. The number of amides is 2. The standard InChI is InChI=1S/C25H29FN6O4/c1-16(2)10-11-27-25(34)17(3)31(13-18-4-9-21-22(12-18)36-15-35-21)23(33)14-32-29-24(28-30-32)19-5-7-20(26)8-6-19/h4-9,12,16-17H,10-11,13-15H2,1-3H3,(H,27,34)/t17-/m0/s1. The molecule has 1 N–H and O–H groups in total. The van der Waals surface area contributed by atoms with E-state index in [0.717, 1.165) is 16.8 Å². The van der Waals surface area contributed by atoms with E-state index in [1.807, 2.05) is 6.07 Å². The highest BCUT2D eigenvalue weighted by Gasteiger charge is 2.27. The number of fused-ring (bicyclic) bond motifs is 1. The molecular formula is C25H29FN6O4. The van der Waals surface area contributed by atoms with Crippen molar-refractivity contribution >= 4 is 11.8 Å². The molecule has 1 atom stereocenters. The maximum atomic E-state index is 13.4. The number of carbonyl (C=O) groups is 2. The minimum Gasteiger partial charge on any atom is -0.454 e. The van der Waals surface area contributed by atoms with E-state index < -0.39 is 6.04 Å². The van der Waals surface area contributed by atoms with Gasteiger partial charge in [-0.3, -0.25) is 9.59 Å². The van der Waals surface area contributed by atoms with Gasteiger partial charge in [-0.05, 0) is 66.4 Å². The largest absolute Gasteiger partial charge is 0.454 e. The molecule has 2 heterocycles. The van der Waals surface area contributed by atoms with Crippen LogP contribution >= 0.6 is 0 Å². The van der Waals surface area contributed by atoms with Crippen molar-refractivity contribution in [3.05, 3.63) is 53.8 Å². The predicted octanol–water partition coefficient (Wildman–Crippen LogP) is 2.79. The van der Waals surface area contributed by atoms with Gasteiger partial charge in [0.25, 0.3) is 0 Å². The SMILES string of the molecule is CC(C)CCNC(=O)[C@H](C)N(Cc1ccc2c(c1)OCO2)C(=O)Cn1nnc(-c2ccc(F)cc2)n1. The van der Waals surface area contributed by atoms with Gasteiger partial charge in [0, 0.05) is 18.7 Å². The van der Waals surface area contributed by atoms with Gasteiger partial charge in [-0.2, -0.15) is 4.80 Å². The second-order valence-corrected chi connectivity index (χ2v) is 9.01. The quantitative estimate of drug-likeness (QED) is 0.459. The number of tetrazole rings is 1. The van der Waals surface area contributed by atoms with Gasteiger partial charge in [-0.1, -0.05) is 19.9 Å². The second kappa shape index (κ2) is 11.1. The highest BCUT2D eigenvalue weighted by Crippen LogP contribution is 2.33. The summed E-state index contributed by atoms with van der Waals surface area (Å²) in [4.78, 5) is 28.9. The first-order valence-electron chi connectivity index (χ1n) is 11.8. The fourth-order valence-corrected chi connectivity index (χ4v) is 3.69. The van der Waals surface area contributed by atoms with E-state index in [0.29, 0.717) is 29.5 Å². The molecule has 1 aliphatic heterocycles. The molecule has 2 aromatic carbocycles. The van der Waals surface area contributed by atoms with Crippen LogP contribution in [0.3, 0.4) is 0 Å². The lowest BCUT2D eigenvalue weighted by Gasteiger charge is -2.28. The summed E-state index contributed by atoms with van der Waals surface area (Å²) in [6, 6.07) is 10.3. The monoisotopic (exact) mass is 496 g/mol. The molecule has 4 rings (SSSR count). The van der Waals surface area contributed by atoms with Gasteiger partial charge in [-0.15, -0.1) is 10.2 Å². The Hall–Kier alpha value is -4.02. The van der Waals surface area contributed by atoms with Crippen molar-refractivity contribution < 1.29 is 23.5 Å². The van der Waals surface area contributed by atoms with Crippen LogP contribution in [0.4, 0.5) is 4.39 Å². The van der Waals surface area contributed by atoms with Crippen molar-refractivity contribution in [3.8, 4) is 22.9 Å². The van der Waals surface area contributed by atoms with Crippen LogP contribution < -0.4 is 14.8 Å². The van der Waals surface area contributed by atoms with E-state index in [1.54, 1.807) is 19.1 Å². The molecule has 2 amide bonds. The fourth-order valence-electron chi connectivity index (χ4n) is 3.69. The molecule has 0 spiro atoms. The smallest absolute Gasteiger partial charge is 0.247 e. The Morgan fingerprint density at radius 1 is 1.11 bits per heavy atom. The number of nitrogens with zero attached hydrogens (tertiary/aromatic N) is 5. The van der Waals surface area contributed by atoms with Gasteiger partial charge < -0.3 is 19.7 Å². The topological polar surface area (TPSA) is 111 Å². The minimum absolute atomic E-state index is 0.143. The van der Waals surface area contributed by atoms with Gasteiger partial charge in [0.05, 0.1) is 0 Å². The Bertz CT molecular complexity index is 1210. The van der Waals surface area contributed by atoms with Gasteiger partial charge in [-0.25, -0.2) is 4.39 Å². The fraction of sp³-hybridized carbons (Fsp3) is 0.400. The molecule has 1 aliphatic rings. The van der Waals surface area contributed by atoms with Crippen molar-refractivity contribution in [1.82, 2.24) is 30.4 Å². The van der Waals surface area contributed by atoms with Gasteiger partial charge >= 0.3 is 0 Å². The molecular weight excluding hydrogens is 467 g/mol. The van der Waals surface area contributed by atoms with E-state index in [1.165, 1.54) is 29.2 Å². The van der Waals surface area contributed by atoms with E-state index in [4.69, 9.17) is 9.47 Å². The molecule has 190 valence electrons. The van der Waals surface area contributed by atoms with E-state index in [-0.39, 0.29) is 43.3 Å². The van der Waals surface area contributed by atoms with Crippen LogP contribution in [0.25, 0.3) is 11.4 Å². The summed E-state index contributed by atoms with van der Waals surface area (Å²) in [7, 11) is 0. The number of hydrogen-bond donors (Lipinski definition) is 1. The number of carbonyl (C=O) groups excluding carboxylic acids is 2. The van der Waals surface area contributed by atoms with Crippen molar-refractivity contribution in [3.63, 3.8) is 0 Å². The molecule has 0 bridgehead atoms. The number of halogens is 1. The predicted molar refractivity (Wildman–Crippen MR) is 128 cm³/mol. The van der Waals surface area contributed by atoms with Crippen molar-refractivity contribution in [2.75, 3.05) is 13.3 Å². The lowest BCUT2D eigenvalue weighted by molar-refractivity contribution is -0.141. The maximum absolute atomic E-state index is 13.4. The maximum Gasteiger partial charge on any atom is 0.247 e. The lowest BCUT2D eigenvalue weighted by atomic mass is 10.1. The molecule has 36 heavy (non-hydrogen) atoms. The third-order valence-corrected chi connectivity index (χ3v) is 5.81. The molecule has 0 saturated carbocycles. The first-order valence-corrected chi connectivity index (χ1v) is 11.8. The average Bonchev–Trinajstić information content (AvgIpc) is 3.51. The summed E-state index contributed by atoms with van der Waals surface area (Å²) < 4.78 is 24.0. The van der Waals surface area contributed by atoms with Crippen LogP contribution in [-0.2, 0) is 22.7 Å². The molecule has 0 unspecified atom stereocenters. The minimum atomic E-state index is -0.741. The summed E-state index contributed by atoms with van der Waals surface area (Å²) in [5, 5.41) is 15.1. The highest BCUT2D eigenvalue weighted by atomic mass is 19.1. The Kier molecular flexibility index (Phi) is 7.77. The van der Waals surface area contributed by atoms with Crippen LogP contribution in [0, 0.1) is 11.7 Å². The van der Waals surface area contributed by atoms with E-state index in [2.05, 4.69) is 34.6 Å². The Morgan fingerprint density at radius 3 is 2.61 bits per heavy atom. The van der Waals surface area contributed by atoms with E-state index in [9.17, 15) is 14.0 Å². The summed E-state index contributed by atoms with van der Waals surface area (Å²) in [6.07, 6.45) is 0.837. The molecule has 1 aromatic heterocycles. The molecule has 11 heteroatoms. The third-order valence-electron chi connectivity index (χ3n) is 5.81. The zero-order chi connectivity index (χ0) is 25.7. The average molecular weight is 497 g/mol. The van der Waals surface area contributed by atoms with Crippen LogP contribution in [0.5, 0.6) is 11.5 Å². The molecule has 0 saturated heterocycles. The molecule has 10 nitrogen and oxygen atoms in total. The first-order chi connectivity index (χ1) is 17.3. The van der Waals surface area contributed by atoms with Crippen molar-refractivity contribution in [1.29, 1.82) is 0 Å². The molecule has 0 aliphatic carbocycles. The number of nitrogens with one attached hydrogen (secondary N) is 1. The van der Waals surface area contributed by atoms with Crippen molar-refractivity contribution in [2.45, 2.75) is 46.3 Å². The van der Waals surface area contributed by atoms with Gasteiger partial charge in [0.1, 0.15) is 18.4 Å². The lowest BCUT2D eigenvalue weighted by Crippen LogP contribution is -2.49. The summed E-state index contributed by atoms with van der Waals surface area (Å²) in [5.74, 6) is 0.962. The Labute approximate surface area is 208 Å². The Balaban J connectivity index is 1.50. The molecule has 0 fully saturated rings. The third kappa shape index (κ3) is 6.15. The summed E-state index contributed by atoms with van der Waals surface area (Å²) in [5.41, 5.74) is 1.36. The normalized spacial score (nSPS) is 13.0. The Morgan fingerprint density at radius 2 is 1.86 bits per heavy atom. The highest BCUT2D eigenvalue weighted by molar-refractivity contribution is 5.87. The molecule has 3 aromatic rings. The molecule has 0 radical (unpaired) electrons. The van der Waals surface area contributed by atoms with Crippen LogP contribution in [0.15, 0.2) is 42.5 Å². The number of ether oxygens (including phenoxy) is 2. The zero-order valence-corrected chi connectivity index (χ0v) is 20.5.